The van der Waals surface area contributed by atoms with Crippen molar-refractivity contribution in [3.8, 4) is 0 Å². The van der Waals surface area contributed by atoms with Crippen molar-refractivity contribution in [3.05, 3.63) is 0 Å². The minimum absolute atomic E-state index is 0.221. The molecular formula is C24H46O8. The first-order valence-corrected chi connectivity index (χ1v) is 12.0. The molecular weight excluding hydrogens is 416 g/mol. The average Bonchev–Trinajstić information content (AvgIpc) is 2.72. The molecule has 0 radical (unpaired) electrons. The predicted molar refractivity (Wildman–Crippen MR) is 125 cm³/mol. The van der Waals surface area contributed by atoms with E-state index in [1.165, 1.54) is 44.9 Å². The summed E-state index contributed by atoms with van der Waals surface area (Å²) >= 11 is 0. The SMILES string of the molecule is CCC(=O)O.CCCCCCCCCCCC(=O)O.O=C(O)CCCCCCCC(=O)O. The summed E-state index contributed by atoms with van der Waals surface area (Å²) in [5.41, 5.74) is 0. The summed E-state index contributed by atoms with van der Waals surface area (Å²) in [5.74, 6) is -2.92. The van der Waals surface area contributed by atoms with Crippen molar-refractivity contribution in [2.75, 3.05) is 0 Å². The van der Waals surface area contributed by atoms with Crippen molar-refractivity contribution in [3.63, 3.8) is 0 Å². The molecule has 0 aromatic carbocycles. The Labute approximate surface area is 193 Å². The van der Waals surface area contributed by atoms with E-state index in [4.69, 9.17) is 20.4 Å². The van der Waals surface area contributed by atoms with E-state index in [-0.39, 0.29) is 19.3 Å². The zero-order valence-corrected chi connectivity index (χ0v) is 20.1. The van der Waals surface area contributed by atoms with Gasteiger partial charge >= 0.3 is 23.9 Å². The Kier molecular flexibility index (Phi) is 31.1. The molecule has 190 valence electrons. The van der Waals surface area contributed by atoms with Crippen molar-refractivity contribution >= 4 is 23.9 Å². The summed E-state index contributed by atoms with van der Waals surface area (Å²) in [6, 6.07) is 0. The van der Waals surface area contributed by atoms with Crippen LogP contribution in [0.25, 0.3) is 0 Å². The average molecular weight is 463 g/mol. The molecule has 8 nitrogen and oxygen atoms in total. The van der Waals surface area contributed by atoms with Gasteiger partial charge in [-0.1, -0.05) is 84.5 Å². The summed E-state index contributed by atoms with van der Waals surface area (Å²) in [5, 5.41) is 32.8. The van der Waals surface area contributed by atoms with Crippen LogP contribution in [-0.4, -0.2) is 44.3 Å². The van der Waals surface area contributed by atoms with Crippen LogP contribution in [-0.2, 0) is 19.2 Å². The van der Waals surface area contributed by atoms with Crippen LogP contribution < -0.4 is 0 Å². The van der Waals surface area contributed by atoms with Crippen LogP contribution in [0, 0.1) is 0 Å². The zero-order chi connectivity index (χ0) is 25.0. The number of carbonyl (C=O) groups is 4. The van der Waals surface area contributed by atoms with Crippen molar-refractivity contribution < 1.29 is 39.6 Å². The first kappa shape index (κ1) is 34.5. The number of unbranched alkanes of at least 4 members (excludes halogenated alkanes) is 12. The Balaban J connectivity index is -0.000000436. The summed E-state index contributed by atoms with van der Waals surface area (Å²) in [6.45, 7) is 3.83. The van der Waals surface area contributed by atoms with Crippen LogP contribution in [0.3, 0.4) is 0 Å². The van der Waals surface area contributed by atoms with Crippen molar-refractivity contribution in [1.29, 1.82) is 0 Å². The predicted octanol–water partition coefficient (Wildman–Crippen LogP) is 6.36. The standard InChI is InChI=1S/C12H24O2.C9H16O4.C3H6O2/c1-2-3-4-5-6-7-8-9-10-11-12(13)14;10-8(11)6-4-2-1-3-5-7-9(12)13;1-2-3(4)5/h2-11H2,1H3,(H,13,14);1-7H2,(H,10,11)(H,12,13);2H2,1H3,(H,4,5). The lowest BCUT2D eigenvalue weighted by Gasteiger charge is -2.00. The van der Waals surface area contributed by atoms with Gasteiger partial charge in [-0.3, -0.25) is 19.2 Å². The molecule has 0 atom stereocenters. The third kappa shape index (κ3) is 46.2. The maximum Gasteiger partial charge on any atom is 0.303 e. The summed E-state index contributed by atoms with van der Waals surface area (Å²) < 4.78 is 0. The molecule has 0 spiro atoms. The molecule has 0 heterocycles. The van der Waals surface area contributed by atoms with E-state index in [9.17, 15) is 19.2 Å². The fourth-order valence-electron chi connectivity index (χ4n) is 2.67. The Hall–Kier alpha value is -2.12. The van der Waals surface area contributed by atoms with E-state index in [0.29, 0.717) is 19.3 Å². The number of aliphatic carboxylic acids is 4. The summed E-state index contributed by atoms with van der Waals surface area (Å²) in [6.07, 6.45) is 16.2. The largest absolute Gasteiger partial charge is 0.481 e. The normalized spacial score (nSPS) is 9.69. The Morgan fingerprint density at radius 1 is 0.406 bits per heavy atom. The van der Waals surface area contributed by atoms with Gasteiger partial charge in [0.05, 0.1) is 0 Å². The molecule has 0 saturated heterocycles. The van der Waals surface area contributed by atoms with E-state index in [1.807, 2.05) is 0 Å². The third-order valence-corrected chi connectivity index (χ3v) is 4.58. The van der Waals surface area contributed by atoms with E-state index < -0.39 is 23.9 Å². The monoisotopic (exact) mass is 462 g/mol. The van der Waals surface area contributed by atoms with Crippen LogP contribution in [0.5, 0.6) is 0 Å². The van der Waals surface area contributed by atoms with Gasteiger partial charge in [-0.25, -0.2) is 0 Å². The maximum absolute atomic E-state index is 10.2. The van der Waals surface area contributed by atoms with E-state index >= 15 is 0 Å². The molecule has 0 fully saturated rings. The second-order valence-electron chi connectivity index (χ2n) is 7.77. The number of hydrogen-bond acceptors (Lipinski definition) is 4. The van der Waals surface area contributed by atoms with Crippen molar-refractivity contribution in [2.24, 2.45) is 0 Å². The fourth-order valence-corrected chi connectivity index (χ4v) is 2.67. The zero-order valence-electron chi connectivity index (χ0n) is 20.1. The molecule has 0 unspecified atom stereocenters. The molecule has 0 amide bonds. The number of hydrogen-bond donors (Lipinski definition) is 4. The highest BCUT2D eigenvalue weighted by atomic mass is 16.4. The molecule has 0 rings (SSSR count). The highest BCUT2D eigenvalue weighted by Gasteiger charge is 1.98. The fraction of sp³-hybridized carbons (Fsp3) is 0.833. The maximum atomic E-state index is 10.2. The van der Waals surface area contributed by atoms with Gasteiger partial charge in [0.15, 0.2) is 0 Å². The van der Waals surface area contributed by atoms with Gasteiger partial charge in [0.25, 0.3) is 0 Å². The molecule has 4 N–H and O–H groups in total. The lowest BCUT2D eigenvalue weighted by molar-refractivity contribution is -0.138. The van der Waals surface area contributed by atoms with Gasteiger partial charge in [0, 0.05) is 25.7 Å². The molecule has 0 aliphatic carbocycles. The third-order valence-electron chi connectivity index (χ3n) is 4.58. The van der Waals surface area contributed by atoms with Gasteiger partial charge in [0.1, 0.15) is 0 Å². The lowest BCUT2D eigenvalue weighted by atomic mass is 10.1. The number of carboxylic acid groups (broad SMARTS) is 4. The molecule has 32 heavy (non-hydrogen) atoms. The van der Waals surface area contributed by atoms with E-state index in [1.54, 1.807) is 6.92 Å². The topological polar surface area (TPSA) is 149 Å². The van der Waals surface area contributed by atoms with Gasteiger partial charge in [0.2, 0.25) is 0 Å². The molecule has 0 bridgehead atoms. The van der Waals surface area contributed by atoms with Crippen LogP contribution in [0.2, 0.25) is 0 Å². The van der Waals surface area contributed by atoms with Crippen LogP contribution in [0.4, 0.5) is 0 Å². The number of rotatable bonds is 19. The first-order valence-electron chi connectivity index (χ1n) is 12.0. The summed E-state index contributed by atoms with van der Waals surface area (Å²) in [4.78, 5) is 39.8. The first-order chi connectivity index (χ1) is 15.2. The van der Waals surface area contributed by atoms with Crippen molar-refractivity contribution in [2.45, 2.75) is 129 Å². The second-order valence-corrected chi connectivity index (χ2v) is 7.77. The van der Waals surface area contributed by atoms with Gasteiger partial charge < -0.3 is 20.4 Å². The minimum atomic E-state index is -0.759. The Morgan fingerprint density at radius 2 is 0.625 bits per heavy atom. The van der Waals surface area contributed by atoms with E-state index in [2.05, 4.69) is 6.92 Å². The number of carboxylic acids is 4. The highest BCUT2D eigenvalue weighted by molar-refractivity contribution is 5.67. The van der Waals surface area contributed by atoms with Gasteiger partial charge in [-0.05, 0) is 19.3 Å². The van der Waals surface area contributed by atoms with Crippen LogP contribution in [0.15, 0.2) is 0 Å². The van der Waals surface area contributed by atoms with E-state index in [0.717, 1.165) is 32.1 Å². The Morgan fingerprint density at radius 3 is 0.812 bits per heavy atom. The highest BCUT2D eigenvalue weighted by Crippen LogP contribution is 2.10. The molecule has 0 aromatic heterocycles. The molecule has 0 saturated carbocycles. The van der Waals surface area contributed by atoms with Crippen LogP contribution in [0.1, 0.15) is 129 Å². The smallest absolute Gasteiger partial charge is 0.303 e. The van der Waals surface area contributed by atoms with Crippen LogP contribution >= 0.6 is 0 Å². The Bertz CT molecular complexity index is 445. The summed E-state index contributed by atoms with van der Waals surface area (Å²) in [7, 11) is 0. The second kappa shape index (κ2) is 28.9. The molecule has 0 aliphatic rings. The minimum Gasteiger partial charge on any atom is -0.481 e. The molecule has 0 aliphatic heterocycles. The lowest BCUT2D eigenvalue weighted by Crippen LogP contribution is -1.95. The van der Waals surface area contributed by atoms with Gasteiger partial charge in [-0.15, -0.1) is 0 Å². The van der Waals surface area contributed by atoms with Crippen molar-refractivity contribution in [1.82, 2.24) is 0 Å². The molecule has 8 heteroatoms. The van der Waals surface area contributed by atoms with Gasteiger partial charge in [-0.2, -0.15) is 0 Å². The quantitative estimate of drug-likeness (QED) is 0.162. The molecule has 0 aromatic rings.